The topological polar surface area (TPSA) is 100 Å². The van der Waals surface area contributed by atoms with Crippen molar-refractivity contribution in [1.82, 2.24) is 10.2 Å². The molecule has 0 atom stereocenters. The zero-order valence-electron chi connectivity index (χ0n) is 19.6. The third-order valence-electron chi connectivity index (χ3n) is 5.43. The fraction of sp³-hybridized carbons (Fsp3) is 0.308. The second kappa shape index (κ2) is 12.0. The van der Waals surface area contributed by atoms with Crippen molar-refractivity contribution in [3.8, 4) is 17.6 Å². The van der Waals surface area contributed by atoms with E-state index < -0.39 is 5.91 Å². The van der Waals surface area contributed by atoms with Gasteiger partial charge in [-0.2, -0.15) is 5.26 Å². The monoisotopic (exact) mass is 489 g/mol. The lowest BCUT2D eigenvalue weighted by atomic mass is 10.1. The van der Waals surface area contributed by atoms with E-state index in [0.29, 0.717) is 29.7 Å². The molecule has 1 saturated heterocycles. The molecule has 1 amide bonds. The predicted molar refractivity (Wildman–Crippen MR) is 137 cm³/mol. The van der Waals surface area contributed by atoms with Crippen LogP contribution in [0.25, 0.3) is 6.08 Å². The molecule has 8 nitrogen and oxygen atoms in total. The standard InChI is InChI=1S/C26H27N5O3S/c1-19-6-5-7-23(16-19)34-15-14-33-22-10-8-20(9-11-22)17-21(18-27)24(32)28-25-29-30-26(35-25)31-12-3-2-4-13-31/h5-11,16-17H,2-4,12-15H2,1H3,(H,28,29,32)/b21-17-. The van der Waals surface area contributed by atoms with E-state index in [1.807, 2.05) is 37.3 Å². The quantitative estimate of drug-likeness (QED) is 0.261. The number of nitriles is 1. The Labute approximate surface area is 208 Å². The fourth-order valence-electron chi connectivity index (χ4n) is 3.64. The number of carbonyl (C=O) groups excluding carboxylic acids is 1. The molecule has 1 aromatic heterocycles. The smallest absolute Gasteiger partial charge is 0.268 e. The number of aryl methyl sites for hydroxylation is 1. The first-order chi connectivity index (χ1) is 17.1. The summed E-state index contributed by atoms with van der Waals surface area (Å²) in [6.07, 6.45) is 5.03. The Balaban J connectivity index is 1.28. The Kier molecular flexibility index (Phi) is 8.30. The minimum Gasteiger partial charge on any atom is -0.490 e. The molecule has 180 valence electrons. The highest BCUT2D eigenvalue weighted by Gasteiger charge is 2.17. The zero-order valence-corrected chi connectivity index (χ0v) is 20.4. The van der Waals surface area contributed by atoms with Crippen LogP contribution >= 0.6 is 11.3 Å². The maximum atomic E-state index is 12.6. The SMILES string of the molecule is Cc1cccc(OCCOc2ccc(/C=C(/C#N)C(=O)Nc3nnc(N4CCCCC4)s3)cc2)c1. The van der Waals surface area contributed by atoms with Crippen LogP contribution in [0, 0.1) is 18.3 Å². The van der Waals surface area contributed by atoms with E-state index in [4.69, 9.17) is 9.47 Å². The number of anilines is 2. The summed E-state index contributed by atoms with van der Waals surface area (Å²) in [5, 5.41) is 21.6. The number of benzene rings is 2. The van der Waals surface area contributed by atoms with E-state index in [2.05, 4.69) is 20.4 Å². The molecule has 3 aromatic rings. The van der Waals surface area contributed by atoms with Gasteiger partial charge >= 0.3 is 0 Å². The first kappa shape index (κ1) is 24.2. The maximum absolute atomic E-state index is 12.6. The van der Waals surface area contributed by atoms with E-state index in [0.717, 1.165) is 42.4 Å². The highest BCUT2D eigenvalue weighted by atomic mass is 32.1. The van der Waals surface area contributed by atoms with Gasteiger partial charge in [0.15, 0.2) is 0 Å². The van der Waals surface area contributed by atoms with E-state index in [9.17, 15) is 10.1 Å². The summed E-state index contributed by atoms with van der Waals surface area (Å²) >= 11 is 1.32. The predicted octanol–water partition coefficient (Wildman–Crippen LogP) is 4.84. The van der Waals surface area contributed by atoms with Crippen LogP contribution in [0.1, 0.15) is 30.4 Å². The Morgan fingerprint density at radius 2 is 1.83 bits per heavy atom. The number of piperidine rings is 1. The van der Waals surface area contributed by atoms with E-state index >= 15 is 0 Å². The molecular weight excluding hydrogens is 462 g/mol. The molecule has 9 heteroatoms. The van der Waals surface area contributed by atoms with Crippen molar-refractivity contribution in [3.63, 3.8) is 0 Å². The summed E-state index contributed by atoms with van der Waals surface area (Å²) in [4.78, 5) is 14.8. The van der Waals surface area contributed by atoms with Gasteiger partial charge in [0.1, 0.15) is 36.4 Å². The summed E-state index contributed by atoms with van der Waals surface area (Å²) in [6, 6.07) is 17.0. The van der Waals surface area contributed by atoms with Gasteiger partial charge in [-0.05, 0) is 67.7 Å². The number of nitrogens with zero attached hydrogens (tertiary/aromatic N) is 4. The summed E-state index contributed by atoms with van der Waals surface area (Å²) in [5.41, 5.74) is 1.84. The molecule has 2 heterocycles. The van der Waals surface area contributed by atoms with Crippen LogP contribution in [-0.2, 0) is 4.79 Å². The zero-order chi connectivity index (χ0) is 24.5. The second-order valence-corrected chi connectivity index (χ2v) is 9.10. The molecule has 1 N–H and O–H groups in total. The first-order valence-electron chi connectivity index (χ1n) is 11.5. The third kappa shape index (κ3) is 7.04. The minimum absolute atomic E-state index is 0.0139. The van der Waals surface area contributed by atoms with Crippen molar-refractivity contribution >= 4 is 33.6 Å². The van der Waals surface area contributed by atoms with Gasteiger partial charge < -0.3 is 14.4 Å². The van der Waals surface area contributed by atoms with E-state index in [-0.39, 0.29) is 5.57 Å². The van der Waals surface area contributed by atoms with Crippen molar-refractivity contribution in [2.75, 3.05) is 36.5 Å². The number of hydrogen-bond donors (Lipinski definition) is 1. The summed E-state index contributed by atoms with van der Waals surface area (Å²) in [5.74, 6) is 0.979. The molecule has 0 spiro atoms. The fourth-order valence-corrected chi connectivity index (χ4v) is 4.43. The molecular formula is C26H27N5O3S. The molecule has 0 unspecified atom stereocenters. The first-order valence-corrected chi connectivity index (χ1v) is 12.4. The molecule has 0 bridgehead atoms. The lowest BCUT2D eigenvalue weighted by Crippen LogP contribution is -2.29. The Morgan fingerprint density at radius 1 is 1.09 bits per heavy atom. The van der Waals surface area contributed by atoms with Crippen LogP contribution in [0.4, 0.5) is 10.3 Å². The number of aromatic nitrogens is 2. The molecule has 0 saturated carbocycles. The van der Waals surface area contributed by atoms with Crippen molar-refractivity contribution in [1.29, 1.82) is 5.26 Å². The van der Waals surface area contributed by atoms with Gasteiger partial charge in [-0.3, -0.25) is 10.1 Å². The number of amides is 1. The van der Waals surface area contributed by atoms with Crippen LogP contribution in [-0.4, -0.2) is 42.4 Å². The average Bonchev–Trinajstić information content (AvgIpc) is 3.35. The molecule has 1 aliphatic heterocycles. The van der Waals surface area contributed by atoms with Gasteiger partial charge in [0, 0.05) is 13.1 Å². The van der Waals surface area contributed by atoms with Crippen molar-refractivity contribution in [3.05, 3.63) is 65.2 Å². The molecule has 0 radical (unpaired) electrons. The minimum atomic E-state index is -0.512. The number of rotatable bonds is 9. The average molecular weight is 490 g/mol. The third-order valence-corrected chi connectivity index (χ3v) is 6.33. The number of carbonyl (C=O) groups is 1. The van der Waals surface area contributed by atoms with Crippen molar-refractivity contribution in [2.24, 2.45) is 0 Å². The van der Waals surface area contributed by atoms with Crippen LogP contribution in [0.2, 0.25) is 0 Å². The number of hydrogen-bond acceptors (Lipinski definition) is 8. The Hall–Kier alpha value is -3.90. The molecule has 0 aliphatic carbocycles. The van der Waals surface area contributed by atoms with E-state index in [1.54, 1.807) is 24.3 Å². The van der Waals surface area contributed by atoms with Gasteiger partial charge in [-0.15, -0.1) is 10.2 Å². The Morgan fingerprint density at radius 3 is 2.54 bits per heavy atom. The van der Waals surface area contributed by atoms with Crippen LogP contribution < -0.4 is 19.7 Å². The van der Waals surface area contributed by atoms with Gasteiger partial charge in [0.25, 0.3) is 5.91 Å². The molecule has 4 rings (SSSR count). The number of ether oxygens (including phenoxy) is 2. The molecule has 1 fully saturated rings. The highest BCUT2D eigenvalue weighted by Crippen LogP contribution is 2.27. The molecule has 35 heavy (non-hydrogen) atoms. The van der Waals surface area contributed by atoms with E-state index in [1.165, 1.54) is 23.8 Å². The van der Waals surface area contributed by atoms with Crippen LogP contribution in [0.15, 0.2) is 54.1 Å². The summed E-state index contributed by atoms with van der Waals surface area (Å²) in [6.45, 7) is 4.74. The molecule has 2 aromatic carbocycles. The number of nitrogens with one attached hydrogen (secondary N) is 1. The lowest BCUT2D eigenvalue weighted by molar-refractivity contribution is -0.112. The van der Waals surface area contributed by atoms with Crippen molar-refractivity contribution in [2.45, 2.75) is 26.2 Å². The summed E-state index contributed by atoms with van der Waals surface area (Å²) in [7, 11) is 0. The highest BCUT2D eigenvalue weighted by molar-refractivity contribution is 7.19. The van der Waals surface area contributed by atoms with Crippen LogP contribution in [0.5, 0.6) is 11.5 Å². The van der Waals surface area contributed by atoms with Gasteiger partial charge in [0.2, 0.25) is 10.3 Å². The Bertz CT molecular complexity index is 1210. The van der Waals surface area contributed by atoms with Gasteiger partial charge in [-0.1, -0.05) is 35.6 Å². The van der Waals surface area contributed by atoms with Crippen molar-refractivity contribution < 1.29 is 14.3 Å². The van der Waals surface area contributed by atoms with Gasteiger partial charge in [-0.25, -0.2) is 0 Å². The van der Waals surface area contributed by atoms with Crippen LogP contribution in [0.3, 0.4) is 0 Å². The lowest BCUT2D eigenvalue weighted by Gasteiger charge is -2.25. The normalized spacial score (nSPS) is 13.7. The molecule has 1 aliphatic rings. The summed E-state index contributed by atoms with van der Waals surface area (Å²) < 4.78 is 11.4. The largest absolute Gasteiger partial charge is 0.490 e. The van der Waals surface area contributed by atoms with Gasteiger partial charge in [0.05, 0.1) is 0 Å². The maximum Gasteiger partial charge on any atom is 0.268 e. The second-order valence-electron chi connectivity index (χ2n) is 8.14.